The van der Waals surface area contributed by atoms with Crippen LogP contribution < -0.4 is 26.0 Å². The molecule has 1 aromatic carbocycles. The number of hydrogen-bond donors (Lipinski definition) is 8. The van der Waals surface area contributed by atoms with Crippen LogP contribution in [0.3, 0.4) is 0 Å². The highest BCUT2D eigenvalue weighted by molar-refractivity contribution is 5.88. The van der Waals surface area contributed by atoms with Gasteiger partial charge in [-0.2, -0.15) is 0 Å². The maximum Gasteiger partial charge on any atom is 0.335 e. The Hall–Kier alpha value is -6.37. The standard InChI is InChI=1S/C55H86N4O20/c1-3-40(39(2)60)14-10-11-27-56-48(63)26-24-47(55(73)74)59-50(65)25-19-42(53(69)70)36-44(62)37-77-34-33-76-31-28-57-51(66)38-78-35-32-75-29-13-15-43(61)20-23-46(54(71)72)58-49(64)16-9-7-5-4-6-8-12-30-79-45-21-17-41(18-22-45)52(67)68/h17-18,21-22,40,42,46-47H,3-16,19-20,23-38H2,1-2H3,(H,56,63)(H,57,66)(H,58,64)(H,59,65)(H,67,68)(H,69,70)(H,71,72)(H,73,74)/t40-,42+,46-,47?/m0/s1. The van der Waals surface area contributed by atoms with Crippen LogP contribution in [0.4, 0.5) is 0 Å². The second-order valence-electron chi connectivity index (χ2n) is 19.1. The van der Waals surface area contributed by atoms with Crippen molar-refractivity contribution < 1.29 is 96.9 Å². The third kappa shape index (κ3) is 38.0. The molecule has 1 rings (SSSR count). The van der Waals surface area contributed by atoms with E-state index in [-0.39, 0.29) is 133 Å². The predicted octanol–water partition coefficient (Wildman–Crippen LogP) is 4.46. The minimum absolute atomic E-state index is 0.000648. The Kier molecular flexibility index (Phi) is 39.8. The molecule has 0 aliphatic rings. The molecular weight excluding hydrogens is 1040 g/mol. The van der Waals surface area contributed by atoms with Crippen LogP contribution >= 0.6 is 0 Å². The summed E-state index contributed by atoms with van der Waals surface area (Å²) < 4.78 is 27.0. The number of ketones is 3. The smallest absolute Gasteiger partial charge is 0.335 e. The molecular formula is C55H86N4O20. The zero-order valence-electron chi connectivity index (χ0n) is 46.1. The number of carboxylic acids is 4. The van der Waals surface area contributed by atoms with Crippen molar-refractivity contribution in [3.63, 3.8) is 0 Å². The molecule has 1 unspecified atom stereocenters. The van der Waals surface area contributed by atoms with Crippen LogP contribution in [0.15, 0.2) is 24.3 Å². The van der Waals surface area contributed by atoms with Crippen LogP contribution in [0.5, 0.6) is 5.75 Å². The van der Waals surface area contributed by atoms with E-state index in [0.717, 1.165) is 57.8 Å². The second-order valence-corrected chi connectivity index (χ2v) is 19.1. The van der Waals surface area contributed by atoms with Crippen molar-refractivity contribution in [1.82, 2.24) is 21.3 Å². The average Bonchev–Trinajstić information content (AvgIpc) is 3.40. The Morgan fingerprint density at radius 2 is 1.01 bits per heavy atom. The molecule has 79 heavy (non-hydrogen) atoms. The van der Waals surface area contributed by atoms with Crippen LogP contribution in [-0.2, 0) is 66.9 Å². The first kappa shape index (κ1) is 70.6. The molecule has 4 amide bonds. The zero-order chi connectivity index (χ0) is 58.6. The van der Waals surface area contributed by atoms with Gasteiger partial charge in [-0.05, 0) is 89.0 Å². The summed E-state index contributed by atoms with van der Waals surface area (Å²) in [6, 6.07) is 3.72. The summed E-state index contributed by atoms with van der Waals surface area (Å²) in [5.41, 5.74) is 0.203. The predicted molar refractivity (Wildman–Crippen MR) is 285 cm³/mol. The van der Waals surface area contributed by atoms with Crippen molar-refractivity contribution in [3.05, 3.63) is 29.8 Å². The minimum Gasteiger partial charge on any atom is -0.494 e. The maximum absolute atomic E-state index is 12.5. The fraction of sp³-hybridized carbons (Fsp3) is 0.691. The second kappa shape index (κ2) is 44.5. The van der Waals surface area contributed by atoms with E-state index in [1.807, 2.05) is 6.92 Å². The molecule has 0 fully saturated rings. The van der Waals surface area contributed by atoms with Gasteiger partial charge in [-0.15, -0.1) is 0 Å². The fourth-order valence-corrected chi connectivity index (χ4v) is 7.86. The maximum atomic E-state index is 12.5. The van der Waals surface area contributed by atoms with Crippen LogP contribution in [0.25, 0.3) is 0 Å². The third-order valence-corrected chi connectivity index (χ3v) is 12.5. The first-order valence-corrected chi connectivity index (χ1v) is 27.4. The Morgan fingerprint density at radius 1 is 0.456 bits per heavy atom. The van der Waals surface area contributed by atoms with Crippen molar-refractivity contribution in [2.45, 2.75) is 161 Å². The van der Waals surface area contributed by atoms with E-state index in [9.17, 15) is 68.1 Å². The van der Waals surface area contributed by atoms with Gasteiger partial charge in [-0.25, -0.2) is 14.4 Å². The van der Waals surface area contributed by atoms with Crippen LogP contribution in [0.2, 0.25) is 0 Å². The average molecular weight is 1120 g/mol. The molecule has 4 atom stereocenters. The van der Waals surface area contributed by atoms with Crippen molar-refractivity contribution in [1.29, 1.82) is 0 Å². The van der Waals surface area contributed by atoms with E-state index in [0.29, 0.717) is 38.2 Å². The van der Waals surface area contributed by atoms with Gasteiger partial charge in [0.25, 0.3) is 0 Å². The first-order chi connectivity index (χ1) is 37.8. The topological polar surface area (TPSA) is 363 Å². The summed E-state index contributed by atoms with van der Waals surface area (Å²) in [6.45, 7) is 4.64. The molecule has 24 nitrogen and oxygen atoms in total. The molecule has 0 heterocycles. The van der Waals surface area contributed by atoms with Gasteiger partial charge in [0.1, 0.15) is 42.6 Å². The highest BCUT2D eigenvalue weighted by Crippen LogP contribution is 2.17. The number of aliphatic carboxylic acids is 3. The van der Waals surface area contributed by atoms with E-state index in [1.54, 1.807) is 19.1 Å². The monoisotopic (exact) mass is 1120 g/mol. The Morgan fingerprint density at radius 3 is 1.62 bits per heavy atom. The molecule has 24 heteroatoms. The largest absolute Gasteiger partial charge is 0.494 e. The molecule has 0 radical (unpaired) electrons. The van der Waals surface area contributed by atoms with E-state index in [4.69, 9.17) is 28.8 Å². The molecule has 0 saturated heterocycles. The summed E-state index contributed by atoms with van der Waals surface area (Å²) in [4.78, 5) is 132. The lowest BCUT2D eigenvalue weighted by atomic mass is 9.95. The number of unbranched alkanes of at least 4 members (excludes halogenated alkanes) is 7. The Bertz CT molecular complexity index is 2020. The SMILES string of the molecule is CC[C@@H](CCCCNC(=O)CCC(NC(=O)CC[C@H](CC(=O)COCCOCCNC(=O)COCCOCCCC(=O)CC[C@H](NC(=O)CCCCCCCCCOc1ccc(C(=O)O)cc1)C(=O)O)C(=O)O)C(=O)O)C(C)=O. The highest BCUT2D eigenvalue weighted by Gasteiger charge is 2.26. The fourth-order valence-electron chi connectivity index (χ4n) is 7.86. The number of hydrogen-bond acceptors (Lipinski definition) is 16. The summed E-state index contributed by atoms with van der Waals surface area (Å²) in [5, 5.41) is 47.8. The normalized spacial score (nSPS) is 12.5. The molecule has 0 aromatic heterocycles. The van der Waals surface area contributed by atoms with Gasteiger partial charge in [0.15, 0.2) is 5.78 Å². The molecule has 0 aliphatic carbocycles. The highest BCUT2D eigenvalue weighted by atomic mass is 16.5. The number of carbonyl (C=O) groups excluding carboxylic acids is 7. The number of amides is 4. The molecule has 1 aromatic rings. The summed E-state index contributed by atoms with van der Waals surface area (Å²) in [7, 11) is 0. The molecule has 0 spiro atoms. The van der Waals surface area contributed by atoms with Gasteiger partial charge in [-0.3, -0.25) is 38.4 Å². The van der Waals surface area contributed by atoms with Crippen molar-refractivity contribution >= 4 is 64.9 Å². The van der Waals surface area contributed by atoms with Crippen molar-refractivity contribution in [2.75, 3.05) is 72.6 Å². The lowest BCUT2D eigenvalue weighted by molar-refractivity contribution is -0.145. The van der Waals surface area contributed by atoms with Gasteiger partial charge in [0, 0.05) is 64.1 Å². The number of carbonyl (C=O) groups is 11. The van der Waals surface area contributed by atoms with Crippen molar-refractivity contribution in [3.8, 4) is 5.75 Å². The van der Waals surface area contributed by atoms with Crippen LogP contribution in [-0.4, -0.2) is 170 Å². The number of aromatic carboxylic acids is 1. The zero-order valence-corrected chi connectivity index (χ0v) is 46.1. The number of rotatable bonds is 52. The van der Waals surface area contributed by atoms with E-state index >= 15 is 0 Å². The molecule has 446 valence electrons. The summed E-state index contributed by atoms with van der Waals surface area (Å²) in [6.07, 6.45) is 8.45. The van der Waals surface area contributed by atoms with E-state index in [1.165, 1.54) is 12.1 Å². The molecule has 0 saturated carbocycles. The number of carboxylic acid groups (broad SMARTS) is 4. The van der Waals surface area contributed by atoms with E-state index in [2.05, 4.69) is 21.3 Å². The Labute approximate surface area is 462 Å². The number of nitrogens with one attached hydrogen (secondary N) is 4. The number of benzene rings is 1. The van der Waals surface area contributed by atoms with Gasteiger partial charge < -0.3 is 65.4 Å². The quantitative estimate of drug-likeness (QED) is 0.0417. The van der Waals surface area contributed by atoms with Gasteiger partial charge in [-0.1, -0.05) is 45.4 Å². The first-order valence-electron chi connectivity index (χ1n) is 27.4. The third-order valence-electron chi connectivity index (χ3n) is 12.5. The molecule has 8 N–H and O–H groups in total. The minimum atomic E-state index is -1.38. The van der Waals surface area contributed by atoms with Crippen molar-refractivity contribution in [2.24, 2.45) is 11.8 Å². The summed E-state index contributed by atoms with van der Waals surface area (Å²) in [5.74, 6) is -7.94. The van der Waals surface area contributed by atoms with Gasteiger partial charge in [0.05, 0.1) is 51.1 Å². The number of ether oxygens (including phenoxy) is 5. The molecule has 0 aliphatic heterocycles. The lowest BCUT2D eigenvalue weighted by Gasteiger charge is -2.16. The van der Waals surface area contributed by atoms with Gasteiger partial charge >= 0.3 is 23.9 Å². The Balaban J connectivity index is 2.06. The van der Waals surface area contributed by atoms with Crippen LogP contribution in [0, 0.1) is 11.8 Å². The summed E-state index contributed by atoms with van der Waals surface area (Å²) >= 11 is 0. The number of Topliss-reactive ketones (excluding diaryl/α,β-unsaturated/α-hetero) is 3. The van der Waals surface area contributed by atoms with Gasteiger partial charge in [0.2, 0.25) is 23.6 Å². The van der Waals surface area contributed by atoms with E-state index < -0.39 is 78.4 Å². The van der Waals surface area contributed by atoms with Crippen LogP contribution in [0.1, 0.15) is 159 Å². The molecule has 0 bridgehead atoms. The lowest BCUT2D eigenvalue weighted by Crippen LogP contribution is -2.42.